The molecule has 1 unspecified atom stereocenters. The van der Waals surface area contributed by atoms with Gasteiger partial charge in [0, 0.05) is 21.6 Å². The fraction of sp³-hybridized carbons (Fsp3) is 0.192. The molecule has 0 aliphatic rings. The molecule has 5 aromatic rings. The average molecular weight is 432 g/mol. The fourth-order valence-electron chi connectivity index (χ4n) is 4.05. The molecule has 0 bridgehead atoms. The van der Waals surface area contributed by atoms with Crippen LogP contribution < -0.4 is 0 Å². The molecule has 2 nitrogen and oxygen atoms in total. The number of hydrogen-bond donors (Lipinski definition) is 0. The van der Waals surface area contributed by atoms with Gasteiger partial charge in [0.25, 0.3) is 0 Å². The highest BCUT2D eigenvalue weighted by Crippen LogP contribution is 2.69. The number of unbranched alkanes of at least 4 members (excludes halogenated alkanes) is 1. The van der Waals surface area contributed by atoms with Crippen LogP contribution in [0.25, 0.3) is 21.2 Å². The summed E-state index contributed by atoms with van der Waals surface area (Å²) in [6, 6.07) is 27.8. The molecule has 0 aliphatic heterocycles. The molecule has 0 saturated carbocycles. The van der Waals surface area contributed by atoms with Crippen molar-refractivity contribution in [3.8, 4) is 0 Å². The smallest absolute Gasteiger partial charge is 0.141 e. The van der Waals surface area contributed by atoms with E-state index in [1.807, 2.05) is 11.3 Å². The zero-order chi connectivity index (χ0) is 20.6. The lowest BCUT2D eigenvalue weighted by Gasteiger charge is -2.34. The normalized spacial score (nSPS) is 14.7. The summed E-state index contributed by atoms with van der Waals surface area (Å²) in [7, 11) is -1.57. The van der Waals surface area contributed by atoms with Crippen LogP contribution in [0.4, 0.5) is 0 Å². The molecule has 0 fully saturated rings. The van der Waals surface area contributed by atoms with Crippen LogP contribution in [-0.2, 0) is 6.42 Å². The molecule has 0 aliphatic carbocycles. The van der Waals surface area contributed by atoms with E-state index in [2.05, 4.69) is 92.0 Å². The highest BCUT2D eigenvalue weighted by atomic mass is 32.3. The largest absolute Gasteiger partial charge is 0.460 e. The van der Waals surface area contributed by atoms with Gasteiger partial charge in [0.05, 0.1) is 10.2 Å². The van der Waals surface area contributed by atoms with Crippen LogP contribution in [0.2, 0.25) is 0 Å². The van der Waals surface area contributed by atoms with Gasteiger partial charge in [0.15, 0.2) is 0 Å². The van der Waals surface area contributed by atoms with Gasteiger partial charge in [-0.05, 0) is 43.0 Å². The summed E-state index contributed by atoms with van der Waals surface area (Å²) in [5.41, 5.74) is 2.06. The second kappa shape index (κ2) is 7.93. The van der Waals surface area contributed by atoms with Crippen LogP contribution >= 0.6 is 21.4 Å². The van der Waals surface area contributed by atoms with Crippen molar-refractivity contribution in [1.29, 1.82) is 0 Å². The van der Waals surface area contributed by atoms with E-state index >= 15 is 0 Å². The van der Waals surface area contributed by atoms with E-state index in [0.717, 1.165) is 36.1 Å². The first-order valence-corrected chi connectivity index (χ1v) is 13.3. The molecule has 2 aromatic heterocycles. The summed E-state index contributed by atoms with van der Waals surface area (Å²) in [5, 5.41) is 1.23. The number of thiazole rings is 1. The third-order valence-corrected chi connectivity index (χ3v) is 11.0. The minimum atomic E-state index is -1.57. The minimum Gasteiger partial charge on any atom is -0.460 e. The summed E-state index contributed by atoms with van der Waals surface area (Å²) in [5.74, 6) is 1.12. The second-order valence-corrected chi connectivity index (χ2v) is 12.0. The number of rotatable bonds is 6. The molecule has 0 saturated heterocycles. The van der Waals surface area contributed by atoms with Crippen LogP contribution in [0.1, 0.15) is 25.5 Å². The number of furan rings is 1. The lowest BCUT2D eigenvalue weighted by molar-refractivity contribution is 0.525. The zero-order valence-corrected chi connectivity index (χ0v) is 18.9. The Labute approximate surface area is 182 Å². The topological polar surface area (TPSA) is 26.0 Å². The summed E-state index contributed by atoms with van der Waals surface area (Å²) in [4.78, 5) is 7.83. The molecule has 5 rings (SSSR count). The highest BCUT2D eigenvalue weighted by Gasteiger charge is 2.35. The van der Waals surface area contributed by atoms with E-state index in [9.17, 15) is 0 Å². The van der Waals surface area contributed by atoms with Crippen molar-refractivity contribution in [2.24, 2.45) is 0 Å². The maximum atomic E-state index is 6.46. The van der Waals surface area contributed by atoms with Gasteiger partial charge in [0.2, 0.25) is 0 Å². The Hall–Kier alpha value is -2.56. The molecule has 2 heterocycles. The zero-order valence-electron chi connectivity index (χ0n) is 17.3. The van der Waals surface area contributed by atoms with Crippen molar-refractivity contribution in [1.82, 2.24) is 4.98 Å². The Morgan fingerprint density at radius 3 is 2.43 bits per heavy atom. The Morgan fingerprint density at radius 2 is 1.63 bits per heavy atom. The van der Waals surface area contributed by atoms with Gasteiger partial charge < -0.3 is 4.42 Å². The summed E-state index contributed by atoms with van der Waals surface area (Å²) < 4.78 is 8.90. The lowest BCUT2D eigenvalue weighted by Crippen LogP contribution is -2.03. The molecule has 0 spiro atoms. The maximum Gasteiger partial charge on any atom is 0.141 e. The molecule has 0 radical (unpaired) electrons. The molecule has 30 heavy (non-hydrogen) atoms. The predicted octanol–water partition coefficient (Wildman–Crippen LogP) is 8.30. The number of aryl methyl sites for hydroxylation is 1. The predicted molar refractivity (Wildman–Crippen MR) is 129 cm³/mol. The monoisotopic (exact) mass is 431 g/mol. The number of fused-ring (bicyclic) bond motifs is 2. The fourth-order valence-corrected chi connectivity index (χ4v) is 9.02. The first-order valence-electron chi connectivity index (χ1n) is 10.4. The molecule has 0 amide bonds. The van der Waals surface area contributed by atoms with Gasteiger partial charge in [-0.25, -0.2) is 4.98 Å². The van der Waals surface area contributed by atoms with Crippen molar-refractivity contribution in [3.63, 3.8) is 0 Å². The summed E-state index contributed by atoms with van der Waals surface area (Å²) in [6.45, 7) is 2.24. The van der Waals surface area contributed by atoms with Crippen LogP contribution in [0.15, 0.2) is 97.4 Å². The Kier molecular flexibility index (Phi) is 5.13. The van der Waals surface area contributed by atoms with Gasteiger partial charge in [-0.1, -0.05) is 61.9 Å². The van der Waals surface area contributed by atoms with Crippen molar-refractivity contribution in [2.45, 2.75) is 40.3 Å². The van der Waals surface area contributed by atoms with E-state index < -0.39 is 10.0 Å². The molecule has 3 aromatic carbocycles. The Morgan fingerprint density at radius 1 is 0.900 bits per heavy atom. The van der Waals surface area contributed by atoms with Crippen LogP contribution in [0.5, 0.6) is 0 Å². The minimum absolute atomic E-state index is 0.959. The van der Waals surface area contributed by atoms with Gasteiger partial charge in [-0.3, -0.25) is 0 Å². The number of aromatic nitrogens is 1. The van der Waals surface area contributed by atoms with Crippen LogP contribution in [0.3, 0.4) is 0 Å². The SMILES string of the molecule is CCCCc1oc2ccccc2c1S(C)(c1ccccc1)c1nc2ccccc2s1. The molecular weight excluding hydrogens is 406 g/mol. The average Bonchev–Trinajstić information content (AvgIpc) is 3.39. The van der Waals surface area contributed by atoms with Crippen molar-refractivity contribution in [2.75, 3.05) is 6.26 Å². The molecule has 1 atom stereocenters. The van der Waals surface area contributed by atoms with E-state index in [0.29, 0.717) is 0 Å². The molecular formula is C26H25NOS2. The quantitative estimate of drug-likeness (QED) is 0.270. The van der Waals surface area contributed by atoms with E-state index in [-0.39, 0.29) is 0 Å². The molecule has 0 N–H and O–H groups in total. The van der Waals surface area contributed by atoms with Gasteiger partial charge in [-0.2, -0.15) is 0 Å². The lowest BCUT2D eigenvalue weighted by atomic mass is 10.2. The van der Waals surface area contributed by atoms with Crippen LogP contribution in [0, 0.1) is 0 Å². The van der Waals surface area contributed by atoms with E-state index in [1.165, 1.54) is 24.2 Å². The van der Waals surface area contributed by atoms with Gasteiger partial charge in [0.1, 0.15) is 15.7 Å². The third kappa shape index (κ3) is 3.15. The van der Waals surface area contributed by atoms with Gasteiger partial charge >= 0.3 is 0 Å². The van der Waals surface area contributed by atoms with Gasteiger partial charge in [-0.15, -0.1) is 21.4 Å². The number of para-hydroxylation sites is 2. The first-order chi connectivity index (χ1) is 14.7. The highest BCUT2D eigenvalue weighted by molar-refractivity contribution is 8.34. The standard InChI is InChI=1S/C26H25NOS2/c1-3-4-16-23-25(20-14-8-10-17-22(20)28-23)30(2,19-12-6-5-7-13-19)26-27-21-15-9-11-18-24(21)29-26/h5-15,17-18H,3-4,16H2,1-2H3. The summed E-state index contributed by atoms with van der Waals surface area (Å²) in [6.07, 6.45) is 5.62. The Balaban J connectivity index is 1.84. The number of nitrogens with zero attached hydrogens (tertiary/aromatic N) is 1. The van der Waals surface area contributed by atoms with Crippen molar-refractivity contribution in [3.05, 3.63) is 84.6 Å². The number of benzene rings is 3. The maximum absolute atomic E-state index is 6.46. The number of hydrogen-bond acceptors (Lipinski definition) is 3. The molecule has 4 heteroatoms. The first kappa shape index (κ1) is 19.4. The van der Waals surface area contributed by atoms with Crippen molar-refractivity contribution < 1.29 is 4.42 Å². The van der Waals surface area contributed by atoms with Crippen LogP contribution in [-0.4, -0.2) is 11.2 Å². The summed E-state index contributed by atoms with van der Waals surface area (Å²) >= 11 is 1.82. The Bertz CT molecular complexity index is 1270. The van der Waals surface area contributed by atoms with E-state index in [4.69, 9.17) is 9.40 Å². The van der Waals surface area contributed by atoms with Crippen molar-refractivity contribution >= 4 is 42.6 Å². The second-order valence-electron chi connectivity index (χ2n) is 7.63. The molecule has 152 valence electrons. The van der Waals surface area contributed by atoms with E-state index in [1.54, 1.807) is 0 Å². The third-order valence-electron chi connectivity index (χ3n) is 5.62.